The highest BCUT2D eigenvalue weighted by Gasteiger charge is 2.35. The van der Waals surface area contributed by atoms with Crippen LogP contribution in [-0.4, -0.2) is 29.4 Å². The lowest BCUT2D eigenvalue weighted by atomic mass is 9.83. The van der Waals surface area contributed by atoms with Gasteiger partial charge in [0.15, 0.2) is 0 Å². The molecule has 3 amide bonds. The van der Waals surface area contributed by atoms with E-state index >= 15 is 0 Å². The van der Waals surface area contributed by atoms with Crippen LogP contribution in [0.1, 0.15) is 51.9 Å². The van der Waals surface area contributed by atoms with Gasteiger partial charge in [-0.2, -0.15) is 0 Å². The van der Waals surface area contributed by atoms with Crippen molar-refractivity contribution in [3.63, 3.8) is 0 Å². The smallest absolute Gasteiger partial charge is 0.322 e. The molecular formula is C19H26FN3O2. The quantitative estimate of drug-likeness (QED) is 0.853. The molecule has 25 heavy (non-hydrogen) atoms. The third-order valence-corrected chi connectivity index (χ3v) is 5.28. The second kappa shape index (κ2) is 7.85. The Hall–Kier alpha value is -2.11. The summed E-state index contributed by atoms with van der Waals surface area (Å²) in [5.74, 6) is -0.265. The third kappa shape index (κ3) is 4.30. The molecular weight excluding hydrogens is 321 g/mol. The molecule has 0 spiro atoms. The lowest BCUT2D eigenvalue weighted by Crippen LogP contribution is -2.43. The summed E-state index contributed by atoms with van der Waals surface area (Å²) in [5, 5.41) is 5.30. The van der Waals surface area contributed by atoms with Crippen LogP contribution in [0.3, 0.4) is 0 Å². The number of hydrogen-bond donors (Lipinski definition) is 2. The normalized spacial score (nSPS) is 21.2. The number of anilines is 2. The summed E-state index contributed by atoms with van der Waals surface area (Å²) in [4.78, 5) is 25.8. The Morgan fingerprint density at radius 1 is 1.08 bits per heavy atom. The number of carbonyl (C=O) groups excluding carboxylic acids is 2. The summed E-state index contributed by atoms with van der Waals surface area (Å²) in [6.07, 6.45) is 8.34. The molecule has 136 valence electrons. The SMILES string of the molecule is CC(=O)Nc1cc(NC(=O)N2CCCC2C2CCCCC2)ccc1F. The van der Waals surface area contributed by atoms with Gasteiger partial charge in [-0.15, -0.1) is 0 Å². The Bertz CT molecular complexity index is 644. The van der Waals surface area contributed by atoms with Crippen LogP contribution in [-0.2, 0) is 4.79 Å². The van der Waals surface area contributed by atoms with E-state index in [0.29, 0.717) is 17.6 Å². The monoisotopic (exact) mass is 347 g/mol. The number of likely N-dealkylation sites (tertiary alicyclic amines) is 1. The molecule has 1 unspecified atom stereocenters. The number of rotatable bonds is 3. The van der Waals surface area contributed by atoms with E-state index in [0.717, 1.165) is 19.4 Å². The summed E-state index contributed by atoms with van der Waals surface area (Å²) in [6.45, 7) is 2.09. The van der Waals surface area contributed by atoms with Crippen LogP contribution >= 0.6 is 0 Å². The highest BCUT2D eigenvalue weighted by atomic mass is 19.1. The average molecular weight is 347 g/mol. The van der Waals surface area contributed by atoms with Gasteiger partial charge in [0, 0.05) is 25.2 Å². The van der Waals surface area contributed by atoms with Gasteiger partial charge in [-0.25, -0.2) is 9.18 Å². The molecule has 1 atom stereocenters. The summed E-state index contributed by atoms with van der Waals surface area (Å²) in [6, 6.07) is 4.41. The largest absolute Gasteiger partial charge is 0.324 e. The number of benzene rings is 1. The second-order valence-corrected chi connectivity index (χ2v) is 7.11. The first-order chi connectivity index (χ1) is 12.0. The van der Waals surface area contributed by atoms with Gasteiger partial charge in [0.2, 0.25) is 5.91 Å². The van der Waals surface area contributed by atoms with Gasteiger partial charge in [0.1, 0.15) is 5.82 Å². The van der Waals surface area contributed by atoms with Crippen LogP contribution in [0.25, 0.3) is 0 Å². The number of amides is 3. The Kier molecular flexibility index (Phi) is 5.56. The van der Waals surface area contributed by atoms with E-state index in [4.69, 9.17) is 0 Å². The van der Waals surface area contributed by atoms with Crippen LogP contribution in [0, 0.1) is 11.7 Å². The third-order valence-electron chi connectivity index (χ3n) is 5.28. The first-order valence-electron chi connectivity index (χ1n) is 9.19. The first kappa shape index (κ1) is 17.7. The van der Waals surface area contributed by atoms with E-state index in [1.807, 2.05) is 4.90 Å². The number of nitrogens with one attached hydrogen (secondary N) is 2. The van der Waals surface area contributed by atoms with Gasteiger partial charge in [-0.05, 0) is 49.8 Å². The number of nitrogens with zero attached hydrogens (tertiary/aromatic N) is 1. The second-order valence-electron chi connectivity index (χ2n) is 7.11. The molecule has 3 rings (SSSR count). The molecule has 6 heteroatoms. The van der Waals surface area contributed by atoms with E-state index in [9.17, 15) is 14.0 Å². The number of carbonyl (C=O) groups is 2. The zero-order chi connectivity index (χ0) is 17.8. The van der Waals surface area contributed by atoms with Crippen molar-refractivity contribution in [2.24, 2.45) is 5.92 Å². The topological polar surface area (TPSA) is 61.4 Å². The fraction of sp³-hybridized carbons (Fsp3) is 0.579. The minimum atomic E-state index is -0.519. The molecule has 1 saturated carbocycles. The highest BCUT2D eigenvalue weighted by molar-refractivity contribution is 5.92. The van der Waals surface area contributed by atoms with Gasteiger partial charge in [0.05, 0.1) is 5.69 Å². The van der Waals surface area contributed by atoms with Crippen LogP contribution < -0.4 is 10.6 Å². The zero-order valence-electron chi connectivity index (χ0n) is 14.7. The predicted molar refractivity (Wildman–Crippen MR) is 96.0 cm³/mol. The Labute approximate surface area is 148 Å². The predicted octanol–water partition coefficient (Wildman–Crippen LogP) is 4.36. The lowest BCUT2D eigenvalue weighted by molar-refractivity contribution is -0.114. The Morgan fingerprint density at radius 3 is 2.56 bits per heavy atom. The number of hydrogen-bond acceptors (Lipinski definition) is 2. The molecule has 2 N–H and O–H groups in total. The highest BCUT2D eigenvalue weighted by Crippen LogP contribution is 2.34. The molecule has 1 saturated heterocycles. The summed E-state index contributed by atoms with van der Waals surface area (Å²) in [7, 11) is 0. The maximum Gasteiger partial charge on any atom is 0.322 e. The van der Waals surface area contributed by atoms with Gasteiger partial charge < -0.3 is 15.5 Å². The summed E-state index contributed by atoms with van der Waals surface area (Å²) in [5.41, 5.74) is 0.569. The zero-order valence-corrected chi connectivity index (χ0v) is 14.7. The molecule has 1 aromatic rings. The summed E-state index contributed by atoms with van der Waals surface area (Å²) < 4.78 is 13.7. The minimum Gasteiger partial charge on any atom is -0.324 e. The molecule has 2 aliphatic rings. The Balaban J connectivity index is 1.67. The van der Waals surface area contributed by atoms with E-state index < -0.39 is 5.82 Å². The molecule has 0 bridgehead atoms. The fourth-order valence-electron chi connectivity index (χ4n) is 4.14. The molecule has 1 aromatic carbocycles. The van der Waals surface area contributed by atoms with Gasteiger partial charge in [-0.3, -0.25) is 4.79 Å². The number of urea groups is 1. The van der Waals surface area contributed by atoms with Crippen molar-refractivity contribution in [2.45, 2.75) is 57.9 Å². The molecule has 1 aliphatic carbocycles. The van der Waals surface area contributed by atoms with Crippen LogP contribution in [0.15, 0.2) is 18.2 Å². The Morgan fingerprint density at radius 2 is 1.84 bits per heavy atom. The molecule has 1 heterocycles. The van der Waals surface area contributed by atoms with Gasteiger partial charge >= 0.3 is 6.03 Å². The van der Waals surface area contributed by atoms with Crippen molar-refractivity contribution in [3.05, 3.63) is 24.0 Å². The van der Waals surface area contributed by atoms with E-state index in [1.54, 1.807) is 0 Å². The minimum absolute atomic E-state index is 0.0792. The van der Waals surface area contributed by atoms with Crippen molar-refractivity contribution < 1.29 is 14.0 Å². The van der Waals surface area contributed by atoms with Crippen LogP contribution in [0.5, 0.6) is 0 Å². The molecule has 1 aliphatic heterocycles. The summed E-state index contributed by atoms with van der Waals surface area (Å²) >= 11 is 0. The standard InChI is InChI=1S/C19H26FN3O2/c1-13(24)21-17-12-15(9-10-16(17)20)22-19(25)23-11-5-8-18(23)14-6-3-2-4-7-14/h9-10,12,14,18H,2-8,11H2,1H3,(H,21,24)(H,22,25). The van der Waals surface area contributed by atoms with E-state index in [1.165, 1.54) is 57.2 Å². The number of halogens is 1. The van der Waals surface area contributed by atoms with Gasteiger partial charge in [0.25, 0.3) is 0 Å². The van der Waals surface area contributed by atoms with Crippen molar-refractivity contribution in [2.75, 3.05) is 17.2 Å². The van der Waals surface area contributed by atoms with Crippen LogP contribution in [0.4, 0.5) is 20.6 Å². The maximum atomic E-state index is 13.7. The van der Waals surface area contributed by atoms with Crippen molar-refractivity contribution >= 4 is 23.3 Å². The van der Waals surface area contributed by atoms with Gasteiger partial charge in [-0.1, -0.05) is 19.3 Å². The van der Waals surface area contributed by atoms with Crippen LogP contribution in [0.2, 0.25) is 0 Å². The molecule has 2 fully saturated rings. The van der Waals surface area contributed by atoms with Crippen molar-refractivity contribution in [3.8, 4) is 0 Å². The van der Waals surface area contributed by atoms with Crippen molar-refractivity contribution in [1.82, 2.24) is 4.90 Å². The average Bonchev–Trinajstić information content (AvgIpc) is 3.08. The maximum absolute atomic E-state index is 13.7. The molecule has 0 aromatic heterocycles. The lowest BCUT2D eigenvalue weighted by Gasteiger charge is -2.34. The molecule has 0 radical (unpaired) electrons. The van der Waals surface area contributed by atoms with E-state index in [2.05, 4.69) is 10.6 Å². The molecule has 5 nitrogen and oxygen atoms in total. The first-order valence-corrected chi connectivity index (χ1v) is 9.19. The van der Waals surface area contributed by atoms with Crippen molar-refractivity contribution in [1.29, 1.82) is 0 Å². The van der Waals surface area contributed by atoms with E-state index in [-0.39, 0.29) is 17.6 Å². The fourth-order valence-corrected chi connectivity index (χ4v) is 4.14.